The summed E-state index contributed by atoms with van der Waals surface area (Å²) in [6.07, 6.45) is 6.73. The van der Waals surface area contributed by atoms with Crippen molar-refractivity contribution in [2.75, 3.05) is 0 Å². The number of carbonyl (C=O) groups excluding carboxylic acids is 2. The van der Waals surface area contributed by atoms with Crippen LogP contribution in [0, 0.1) is 0 Å². The Kier molecular flexibility index (Phi) is 3.78. The number of ketones is 2. The van der Waals surface area contributed by atoms with Crippen molar-refractivity contribution in [3.05, 3.63) is 104 Å². The first-order valence-corrected chi connectivity index (χ1v) is 12.3. The number of hydrogen-bond donors (Lipinski definition) is 0. The van der Waals surface area contributed by atoms with Gasteiger partial charge in [0.05, 0.1) is 12.1 Å². The normalized spacial score (nSPS) is 17.4. The highest BCUT2D eigenvalue weighted by Gasteiger charge is 2.33. The van der Waals surface area contributed by atoms with Gasteiger partial charge in [-0.1, -0.05) is 36.4 Å². The second kappa shape index (κ2) is 6.61. The third kappa shape index (κ3) is 2.52. The van der Waals surface area contributed by atoms with Gasteiger partial charge in [-0.05, 0) is 46.2 Å². The third-order valence-electron chi connectivity index (χ3n) is 6.67. The first-order chi connectivity index (χ1) is 15.7. The van der Waals surface area contributed by atoms with Gasteiger partial charge in [0.1, 0.15) is 0 Å². The summed E-state index contributed by atoms with van der Waals surface area (Å²) in [5, 5.41) is 4.93. The van der Waals surface area contributed by atoms with E-state index >= 15 is 0 Å². The molecule has 5 heteroatoms. The molecule has 3 nitrogen and oxygen atoms in total. The number of allylic oxidation sites excluding steroid dienone is 5. The number of rotatable bonds is 2. The van der Waals surface area contributed by atoms with Crippen molar-refractivity contribution in [1.29, 1.82) is 0 Å². The minimum Gasteiger partial charge on any atom is -0.365 e. The molecule has 1 aliphatic heterocycles. The monoisotopic (exact) mass is 451 g/mol. The molecule has 2 aliphatic carbocycles. The maximum atomic E-state index is 12.7. The second-order valence-electron chi connectivity index (χ2n) is 8.47. The summed E-state index contributed by atoms with van der Waals surface area (Å²) >= 11 is 3.72. The number of thiophene rings is 2. The van der Waals surface area contributed by atoms with Gasteiger partial charge in [0.15, 0.2) is 11.6 Å². The zero-order valence-electron chi connectivity index (χ0n) is 17.1. The van der Waals surface area contributed by atoms with Gasteiger partial charge in [0.2, 0.25) is 0 Å². The first-order valence-electron chi connectivity index (χ1n) is 10.6. The van der Waals surface area contributed by atoms with E-state index in [1.807, 2.05) is 17.4 Å². The van der Waals surface area contributed by atoms with Crippen molar-refractivity contribution in [3.63, 3.8) is 0 Å². The molecule has 32 heavy (non-hydrogen) atoms. The van der Waals surface area contributed by atoms with Gasteiger partial charge in [-0.25, -0.2) is 0 Å². The van der Waals surface area contributed by atoms with Crippen LogP contribution in [0.25, 0.3) is 20.2 Å². The number of Topliss-reactive ketones (excluding diaryl/α,β-unsaturated/α-hetero) is 2. The molecular weight excluding hydrogens is 434 g/mol. The molecule has 2 aromatic heterocycles. The Morgan fingerprint density at radius 2 is 1.69 bits per heavy atom. The Hall–Kier alpha value is -3.28. The van der Waals surface area contributed by atoms with Gasteiger partial charge in [-0.15, -0.1) is 22.7 Å². The predicted molar refractivity (Wildman–Crippen MR) is 130 cm³/mol. The summed E-state index contributed by atoms with van der Waals surface area (Å²) in [6.45, 7) is 1.84. The highest BCUT2D eigenvalue weighted by molar-refractivity contribution is 7.22. The highest BCUT2D eigenvalue weighted by atomic mass is 32.1. The molecule has 0 saturated carbocycles. The van der Waals surface area contributed by atoms with E-state index in [2.05, 4.69) is 34.6 Å². The molecule has 0 amide bonds. The van der Waals surface area contributed by atoms with Gasteiger partial charge in [0.25, 0.3) is 0 Å². The van der Waals surface area contributed by atoms with Crippen LogP contribution in [0.1, 0.15) is 37.6 Å². The van der Waals surface area contributed by atoms with E-state index in [-0.39, 0.29) is 11.6 Å². The predicted octanol–water partition coefficient (Wildman–Crippen LogP) is 6.65. The quantitative estimate of drug-likeness (QED) is 0.253. The standard InChI is InChI=1S/C27H17NO2S2/c29-25-17-3-1-2-4-18(17)26(30)21(25)12-15-5-6-16(11-15)28-13-22-19-7-8-23-20(9-10-31-23)27(19)32-24(22)14-28/h1-10,12H,11,13-14H2. The minimum absolute atomic E-state index is 0.158. The molecule has 0 saturated heterocycles. The lowest BCUT2D eigenvalue weighted by atomic mass is 10.1. The fourth-order valence-electron chi connectivity index (χ4n) is 5.06. The maximum absolute atomic E-state index is 12.7. The van der Waals surface area contributed by atoms with E-state index in [0.717, 1.165) is 25.1 Å². The summed E-state index contributed by atoms with van der Waals surface area (Å²) in [7, 11) is 0. The van der Waals surface area contributed by atoms with Crippen LogP contribution in [0.5, 0.6) is 0 Å². The van der Waals surface area contributed by atoms with Crippen molar-refractivity contribution in [3.8, 4) is 0 Å². The Labute approximate surface area is 192 Å². The summed E-state index contributed by atoms with van der Waals surface area (Å²) in [6, 6.07) is 13.8. The SMILES string of the molecule is O=C1C(=CC2=CC=C(N3Cc4sc5c(ccc6sccc65)c4C3)C2)C(=O)c2ccccc21. The smallest absolute Gasteiger partial charge is 0.197 e. The fourth-order valence-corrected chi connectivity index (χ4v) is 7.27. The average molecular weight is 452 g/mol. The topological polar surface area (TPSA) is 37.4 Å². The molecule has 0 fully saturated rings. The molecule has 0 bridgehead atoms. The van der Waals surface area contributed by atoms with Crippen LogP contribution in [-0.2, 0) is 13.1 Å². The Morgan fingerprint density at radius 1 is 0.875 bits per heavy atom. The third-order valence-corrected chi connectivity index (χ3v) is 8.82. The molecule has 2 aromatic carbocycles. The fraction of sp³-hybridized carbons (Fsp3) is 0.111. The van der Waals surface area contributed by atoms with Crippen LogP contribution in [0.15, 0.2) is 82.9 Å². The summed E-state index contributed by atoms with van der Waals surface area (Å²) < 4.78 is 2.77. The molecule has 4 aromatic rings. The molecule has 0 radical (unpaired) electrons. The van der Waals surface area contributed by atoms with Gasteiger partial charge in [0, 0.05) is 49.5 Å². The molecule has 0 spiro atoms. The molecule has 154 valence electrons. The molecule has 3 heterocycles. The lowest BCUT2D eigenvalue weighted by Crippen LogP contribution is -2.15. The van der Waals surface area contributed by atoms with E-state index in [1.54, 1.807) is 41.7 Å². The lowest BCUT2D eigenvalue weighted by molar-refractivity contribution is 0.0988. The van der Waals surface area contributed by atoms with Crippen molar-refractivity contribution in [2.45, 2.75) is 19.5 Å². The van der Waals surface area contributed by atoms with Crippen LogP contribution in [0.2, 0.25) is 0 Å². The maximum Gasteiger partial charge on any atom is 0.197 e. The zero-order chi connectivity index (χ0) is 21.4. The molecule has 7 rings (SSSR count). The van der Waals surface area contributed by atoms with E-state index in [9.17, 15) is 9.59 Å². The minimum atomic E-state index is -0.158. The van der Waals surface area contributed by atoms with E-state index < -0.39 is 0 Å². The molecule has 0 atom stereocenters. The Morgan fingerprint density at radius 3 is 2.50 bits per heavy atom. The van der Waals surface area contributed by atoms with Crippen molar-refractivity contribution >= 4 is 54.4 Å². The molecule has 0 N–H and O–H groups in total. The van der Waals surface area contributed by atoms with Crippen LogP contribution < -0.4 is 0 Å². The van der Waals surface area contributed by atoms with Crippen LogP contribution in [-0.4, -0.2) is 16.5 Å². The van der Waals surface area contributed by atoms with E-state index in [4.69, 9.17) is 0 Å². The molecule has 3 aliphatic rings. The van der Waals surface area contributed by atoms with Crippen LogP contribution >= 0.6 is 22.7 Å². The molecule has 0 unspecified atom stereocenters. The van der Waals surface area contributed by atoms with Gasteiger partial charge < -0.3 is 4.90 Å². The van der Waals surface area contributed by atoms with E-state index in [0.29, 0.717) is 16.7 Å². The number of nitrogens with zero attached hydrogens (tertiary/aromatic N) is 1. The number of fused-ring (bicyclic) bond motifs is 6. The summed E-state index contributed by atoms with van der Waals surface area (Å²) in [4.78, 5) is 29.3. The second-order valence-corrected chi connectivity index (χ2v) is 10.5. The van der Waals surface area contributed by atoms with Crippen molar-refractivity contribution in [2.24, 2.45) is 0 Å². The Bertz CT molecular complexity index is 1560. The van der Waals surface area contributed by atoms with Crippen LogP contribution in [0.3, 0.4) is 0 Å². The van der Waals surface area contributed by atoms with Gasteiger partial charge >= 0.3 is 0 Å². The van der Waals surface area contributed by atoms with Crippen molar-refractivity contribution in [1.82, 2.24) is 4.90 Å². The van der Waals surface area contributed by atoms with E-state index in [1.165, 1.54) is 36.3 Å². The highest BCUT2D eigenvalue weighted by Crippen LogP contribution is 2.44. The van der Waals surface area contributed by atoms with Crippen LogP contribution in [0.4, 0.5) is 0 Å². The number of benzene rings is 2. The average Bonchev–Trinajstić information content (AvgIpc) is 3.60. The Balaban J connectivity index is 1.12. The zero-order valence-corrected chi connectivity index (χ0v) is 18.7. The number of carbonyl (C=O) groups is 2. The number of hydrogen-bond acceptors (Lipinski definition) is 5. The lowest BCUT2D eigenvalue weighted by Gasteiger charge is -2.20. The first kappa shape index (κ1) is 18.3. The van der Waals surface area contributed by atoms with Crippen molar-refractivity contribution < 1.29 is 9.59 Å². The largest absolute Gasteiger partial charge is 0.365 e. The van der Waals surface area contributed by atoms with Gasteiger partial charge in [-0.2, -0.15) is 0 Å². The van der Waals surface area contributed by atoms with Gasteiger partial charge in [-0.3, -0.25) is 9.59 Å². The summed E-state index contributed by atoms with van der Waals surface area (Å²) in [5.74, 6) is -0.316. The molecular formula is C27H17NO2S2. The summed E-state index contributed by atoms with van der Waals surface area (Å²) in [5.41, 5.74) is 5.04.